The van der Waals surface area contributed by atoms with Gasteiger partial charge >= 0.3 is 0 Å². The molecule has 1 rings (SSSR count). The molecular weight excluding hydrogens is 238 g/mol. The molecule has 0 bridgehead atoms. The molecule has 0 aliphatic rings. The van der Waals surface area contributed by atoms with Gasteiger partial charge in [-0.3, -0.25) is 4.99 Å². The smallest absolute Gasteiger partial charge is 0.141 e. The van der Waals surface area contributed by atoms with Crippen molar-refractivity contribution in [1.29, 1.82) is 0 Å². The van der Waals surface area contributed by atoms with Gasteiger partial charge in [-0.2, -0.15) is 0 Å². The summed E-state index contributed by atoms with van der Waals surface area (Å²) in [5.74, 6) is 5.50. The van der Waals surface area contributed by atoms with E-state index in [0.717, 1.165) is 0 Å². The summed E-state index contributed by atoms with van der Waals surface area (Å²) in [6, 6.07) is 3.44. The summed E-state index contributed by atoms with van der Waals surface area (Å²) in [5, 5.41) is 14.9. The van der Waals surface area contributed by atoms with E-state index in [-0.39, 0.29) is 5.75 Å². The molecule has 1 N–H and O–H groups in total. The number of nitrogens with zero attached hydrogens (tertiary/aromatic N) is 1. The summed E-state index contributed by atoms with van der Waals surface area (Å²) in [7, 11) is 1.62. The van der Waals surface area contributed by atoms with Gasteiger partial charge in [0.2, 0.25) is 0 Å². The van der Waals surface area contributed by atoms with Gasteiger partial charge in [0.15, 0.2) is 0 Å². The van der Waals surface area contributed by atoms with Crippen molar-refractivity contribution in [1.82, 2.24) is 0 Å². The highest BCUT2D eigenvalue weighted by Crippen LogP contribution is 2.23. The Morgan fingerprint density at radius 3 is 2.31 bits per heavy atom. The molecule has 0 radical (unpaired) electrons. The molecule has 0 aliphatic carbocycles. The molecule has 1 aromatic carbocycles. The lowest BCUT2D eigenvalue weighted by atomic mass is 10.0. The number of thiol groups is 2. The number of aromatic hydroxyl groups is 1. The molecule has 0 fully saturated rings. The Balaban J connectivity index is 3.49. The largest absolute Gasteiger partial charge is 0.506 e. The number of phenolic OH excluding ortho intramolecular Hbond substituents is 1. The van der Waals surface area contributed by atoms with Crippen molar-refractivity contribution in [3.63, 3.8) is 0 Å². The predicted octanol–water partition coefficient (Wildman–Crippen LogP) is 1.92. The van der Waals surface area contributed by atoms with E-state index in [1.807, 2.05) is 0 Å². The predicted molar refractivity (Wildman–Crippen MR) is 73.4 cm³/mol. The molecule has 0 saturated heterocycles. The Hall–Kier alpha value is -1.49. The topological polar surface area (TPSA) is 32.6 Å². The van der Waals surface area contributed by atoms with E-state index in [1.165, 1.54) is 6.21 Å². The van der Waals surface area contributed by atoms with Gasteiger partial charge in [0.05, 0.1) is 11.1 Å². The van der Waals surface area contributed by atoms with Gasteiger partial charge in [0.25, 0.3) is 0 Å². The van der Waals surface area contributed by atoms with Gasteiger partial charge in [0, 0.05) is 18.8 Å². The standard InChI is InChI=1S/C12H9NOS2/c1-13-8-11-9(4-6-15)2-3-10(5-7-16)12(11)14/h2-3,8,14-16H,1H3. The van der Waals surface area contributed by atoms with Crippen LogP contribution in [0.4, 0.5) is 0 Å². The molecule has 0 aliphatic heterocycles. The van der Waals surface area contributed by atoms with E-state index < -0.39 is 0 Å². The lowest BCUT2D eigenvalue weighted by Crippen LogP contribution is -1.92. The molecule has 1 aromatic rings. The Morgan fingerprint density at radius 2 is 1.75 bits per heavy atom. The van der Waals surface area contributed by atoms with E-state index in [9.17, 15) is 5.11 Å². The zero-order chi connectivity index (χ0) is 12.0. The third kappa shape index (κ3) is 2.76. The second-order valence-corrected chi connectivity index (χ2v) is 3.23. The highest BCUT2D eigenvalue weighted by molar-refractivity contribution is 7.85. The molecule has 4 heteroatoms. The van der Waals surface area contributed by atoms with Gasteiger partial charge in [-0.25, -0.2) is 0 Å². The summed E-state index contributed by atoms with van der Waals surface area (Å²) >= 11 is 7.61. The van der Waals surface area contributed by atoms with E-state index in [1.54, 1.807) is 19.2 Å². The Kier molecular flexibility index (Phi) is 4.85. The molecule has 0 spiro atoms. The number of hydrogen-bond donors (Lipinski definition) is 3. The first-order valence-corrected chi connectivity index (χ1v) is 5.22. The Morgan fingerprint density at radius 1 is 1.19 bits per heavy atom. The van der Waals surface area contributed by atoms with E-state index >= 15 is 0 Å². The van der Waals surface area contributed by atoms with Gasteiger partial charge in [-0.1, -0.05) is 37.1 Å². The van der Waals surface area contributed by atoms with E-state index in [2.05, 4.69) is 52.6 Å². The summed E-state index contributed by atoms with van der Waals surface area (Å²) in [6.45, 7) is 0. The first-order chi connectivity index (χ1) is 7.74. The molecular formula is C12H9NOS2. The quantitative estimate of drug-likeness (QED) is 0.395. The van der Waals surface area contributed by atoms with Crippen molar-refractivity contribution in [3.05, 3.63) is 28.8 Å². The normalized spacial score (nSPS) is 9.19. The second-order valence-electron chi connectivity index (χ2n) is 2.78. The number of hydrogen-bond acceptors (Lipinski definition) is 4. The maximum atomic E-state index is 9.94. The highest BCUT2D eigenvalue weighted by atomic mass is 32.1. The van der Waals surface area contributed by atoms with Crippen molar-refractivity contribution in [2.45, 2.75) is 0 Å². The minimum atomic E-state index is 0.0562. The fourth-order valence-electron chi connectivity index (χ4n) is 1.20. The SMILES string of the molecule is CN=Cc1c(C#CS)ccc(C#CS)c1O. The molecule has 80 valence electrons. The average Bonchev–Trinajstić information content (AvgIpc) is 2.28. The monoisotopic (exact) mass is 247 g/mol. The van der Waals surface area contributed by atoms with Crippen molar-refractivity contribution in [2.75, 3.05) is 7.05 Å². The van der Waals surface area contributed by atoms with Crippen LogP contribution in [-0.2, 0) is 0 Å². The van der Waals surface area contributed by atoms with Crippen LogP contribution in [0, 0.1) is 22.3 Å². The molecule has 0 unspecified atom stereocenters. The summed E-state index contributed by atoms with van der Waals surface area (Å²) in [4.78, 5) is 3.87. The first-order valence-electron chi connectivity index (χ1n) is 4.33. The van der Waals surface area contributed by atoms with Crippen molar-refractivity contribution in [3.8, 4) is 28.1 Å². The number of rotatable bonds is 1. The minimum Gasteiger partial charge on any atom is -0.506 e. The summed E-state index contributed by atoms with van der Waals surface area (Å²) in [6.07, 6.45) is 1.53. The van der Waals surface area contributed by atoms with E-state index in [0.29, 0.717) is 16.7 Å². The van der Waals surface area contributed by atoms with Gasteiger partial charge < -0.3 is 5.11 Å². The van der Waals surface area contributed by atoms with Crippen LogP contribution in [0.2, 0.25) is 0 Å². The van der Waals surface area contributed by atoms with Crippen molar-refractivity contribution < 1.29 is 5.11 Å². The maximum Gasteiger partial charge on any atom is 0.141 e. The molecule has 0 amide bonds. The number of phenols is 1. The van der Waals surface area contributed by atoms with Crippen LogP contribution in [0.5, 0.6) is 5.75 Å². The van der Waals surface area contributed by atoms with E-state index in [4.69, 9.17) is 0 Å². The molecule has 16 heavy (non-hydrogen) atoms. The summed E-state index contributed by atoms with van der Waals surface area (Å²) in [5.41, 5.74) is 1.69. The third-order valence-electron chi connectivity index (χ3n) is 1.86. The molecule has 0 aromatic heterocycles. The van der Waals surface area contributed by atoms with Crippen LogP contribution in [0.25, 0.3) is 0 Å². The molecule has 0 saturated carbocycles. The van der Waals surface area contributed by atoms with Crippen LogP contribution in [0.15, 0.2) is 17.1 Å². The molecule has 2 nitrogen and oxygen atoms in total. The fraction of sp³-hybridized carbons (Fsp3) is 0.0833. The van der Waals surface area contributed by atoms with Gasteiger partial charge in [-0.05, 0) is 22.6 Å². The Bertz CT molecular complexity index is 542. The minimum absolute atomic E-state index is 0.0562. The Labute approximate surface area is 106 Å². The van der Waals surface area contributed by atoms with Gasteiger partial charge in [-0.15, -0.1) is 0 Å². The van der Waals surface area contributed by atoms with Crippen LogP contribution in [0.3, 0.4) is 0 Å². The van der Waals surface area contributed by atoms with Crippen LogP contribution in [0.1, 0.15) is 16.7 Å². The van der Waals surface area contributed by atoms with Crippen LogP contribution < -0.4 is 0 Å². The van der Waals surface area contributed by atoms with Crippen LogP contribution in [-0.4, -0.2) is 18.4 Å². The zero-order valence-electron chi connectivity index (χ0n) is 8.52. The number of benzene rings is 1. The van der Waals surface area contributed by atoms with Gasteiger partial charge in [0.1, 0.15) is 5.75 Å². The first kappa shape index (κ1) is 12.6. The van der Waals surface area contributed by atoms with Crippen LogP contribution >= 0.6 is 25.3 Å². The fourth-order valence-corrected chi connectivity index (χ4v) is 1.44. The lowest BCUT2D eigenvalue weighted by Gasteiger charge is -2.04. The second kappa shape index (κ2) is 6.17. The summed E-state index contributed by atoms with van der Waals surface area (Å²) < 4.78 is 0. The molecule has 0 atom stereocenters. The average molecular weight is 247 g/mol. The third-order valence-corrected chi connectivity index (χ3v) is 2.08. The van der Waals surface area contributed by atoms with Crippen molar-refractivity contribution in [2.24, 2.45) is 4.99 Å². The number of aliphatic imine (C=N–C) groups is 1. The maximum absolute atomic E-state index is 9.94. The highest BCUT2D eigenvalue weighted by Gasteiger charge is 2.08. The van der Waals surface area contributed by atoms with Crippen molar-refractivity contribution >= 4 is 31.5 Å². The zero-order valence-corrected chi connectivity index (χ0v) is 10.3. The lowest BCUT2D eigenvalue weighted by molar-refractivity contribution is 0.472. The molecule has 0 heterocycles.